The van der Waals surface area contributed by atoms with Crippen LogP contribution in [0.5, 0.6) is 0 Å². The molecule has 2 aromatic heterocycles. The molecule has 1 aliphatic rings. The summed E-state index contributed by atoms with van der Waals surface area (Å²) in [5, 5.41) is 13.2. The van der Waals surface area contributed by atoms with Crippen molar-refractivity contribution in [2.24, 2.45) is 17.9 Å². The highest BCUT2D eigenvalue weighted by molar-refractivity contribution is 7.89. The third-order valence-electron chi connectivity index (χ3n) is 7.24. The quantitative estimate of drug-likeness (QED) is 0.476. The number of carboxylic acid groups (broad SMARTS) is 1. The summed E-state index contributed by atoms with van der Waals surface area (Å²) in [4.78, 5) is 19.6. The summed E-state index contributed by atoms with van der Waals surface area (Å²) in [6.07, 6.45) is 11.4. The Bertz CT molecular complexity index is 1060. The first kappa shape index (κ1) is 26.3. The monoisotopic (exact) mass is 495 g/mol. The van der Waals surface area contributed by atoms with E-state index in [1.807, 2.05) is 0 Å². The Labute approximate surface area is 201 Å². The maximum Gasteiger partial charge on any atom is 0.304 e. The van der Waals surface area contributed by atoms with E-state index >= 15 is 0 Å². The van der Waals surface area contributed by atoms with Crippen LogP contribution in [-0.4, -0.2) is 39.2 Å². The molecule has 10 nitrogen and oxygen atoms in total. The van der Waals surface area contributed by atoms with Gasteiger partial charge in [0.05, 0.1) is 19.3 Å². The highest BCUT2D eigenvalue weighted by Crippen LogP contribution is 2.53. The fraction of sp³-hybridized carbons (Fsp3) is 0.739. The molecule has 0 aliphatic heterocycles. The third kappa shape index (κ3) is 6.44. The maximum absolute atomic E-state index is 12.4. The Hall–Kier alpha value is -2.27. The predicted molar refractivity (Wildman–Crippen MR) is 125 cm³/mol. The van der Waals surface area contributed by atoms with Gasteiger partial charge in [-0.2, -0.15) is 4.98 Å². The zero-order valence-corrected chi connectivity index (χ0v) is 21.4. The van der Waals surface area contributed by atoms with Crippen molar-refractivity contribution in [1.82, 2.24) is 24.4 Å². The Balaban J connectivity index is 1.63. The zero-order valence-electron chi connectivity index (χ0n) is 20.6. The highest BCUT2D eigenvalue weighted by atomic mass is 32.2. The first-order valence-corrected chi connectivity index (χ1v) is 13.4. The van der Waals surface area contributed by atoms with E-state index in [-0.39, 0.29) is 40.5 Å². The largest absolute Gasteiger partial charge is 0.481 e. The van der Waals surface area contributed by atoms with E-state index in [4.69, 9.17) is 4.52 Å². The van der Waals surface area contributed by atoms with Crippen LogP contribution in [0.1, 0.15) is 96.2 Å². The molecular weight excluding hydrogens is 458 g/mol. The summed E-state index contributed by atoms with van der Waals surface area (Å²) >= 11 is 0. The number of nitrogens with one attached hydrogen (secondary N) is 1. The summed E-state index contributed by atoms with van der Waals surface area (Å²) in [6, 6.07) is 0. The second-order valence-corrected chi connectivity index (χ2v) is 12.2. The van der Waals surface area contributed by atoms with E-state index in [1.54, 1.807) is 7.05 Å². The zero-order chi connectivity index (χ0) is 25.0. The van der Waals surface area contributed by atoms with Gasteiger partial charge in [-0.05, 0) is 36.5 Å². The minimum Gasteiger partial charge on any atom is -0.481 e. The molecule has 0 spiro atoms. The molecule has 2 heterocycles. The van der Waals surface area contributed by atoms with Gasteiger partial charge >= 0.3 is 5.97 Å². The molecule has 3 rings (SSSR count). The number of nitrogens with zero attached hydrogens (tertiary/aromatic N) is 4. The van der Waals surface area contributed by atoms with Gasteiger partial charge in [0.25, 0.3) is 10.0 Å². The molecule has 11 heteroatoms. The van der Waals surface area contributed by atoms with Gasteiger partial charge in [0.15, 0.2) is 10.9 Å². The Kier molecular flexibility index (Phi) is 8.18. The normalized spacial score (nSPS) is 17.5. The predicted octanol–water partition coefficient (Wildman–Crippen LogP) is 4.01. The van der Waals surface area contributed by atoms with Crippen molar-refractivity contribution in [3.63, 3.8) is 0 Å². The van der Waals surface area contributed by atoms with Crippen LogP contribution in [0.4, 0.5) is 0 Å². The van der Waals surface area contributed by atoms with Crippen molar-refractivity contribution < 1.29 is 22.8 Å². The number of rotatable bonds is 11. The smallest absolute Gasteiger partial charge is 0.304 e. The third-order valence-corrected chi connectivity index (χ3v) is 8.53. The number of aromatic nitrogens is 4. The van der Waals surface area contributed by atoms with E-state index in [2.05, 4.69) is 40.6 Å². The van der Waals surface area contributed by atoms with Gasteiger partial charge in [0, 0.05) is 19.2 Å². The number of aryl methyl sites for hydroxylation is 1. The van der Waals surface area contributed by atoms with E-state index in [0.717, 1.165) is 12.8 Å². The van der Waals surface area contributed by atoms with Crippen LogP contribution in [0, 0.1) is 10.8 Å². The molecule has 1 saturated carbocycles. The number of hydrogen-bond acceptors (Lipinski definition) is 7. The molecule has 0 saturated heterocycles. The van der Waals surface area contributed by atoms with Crippen LogP contribution in [0.2, 0.25) is 0 Å². The van der Waals surface area contributed by atoms with Crippen LogP contribution >= 0.6 is 0 Å². The van der Waals surface area contributed by atoms with E-state index < -0.39 is 21.9 Å². The first-order chi connectivity index (χ1) is 15.9. The molecule has 1 atom stereocenters. The average Bonchev–Trinajstić information content (AvgIpc) is 3.41. The molecule has 0 radical (unpaired) electrons. The fourth-order valence-corrected chi connectivity index (χ4v) is 6.04. The van der Waals surface area contributed by atoms with Crippen molar-refractivity contribution in [3.8, 4) is 0 Å². The van der Waals surface area contributed by atoms with Crippen LogP contribution in [0.3, 0.4) is 0 Å². The Morgan fingerprint density at radius 1 is 1.29 bits per heavy atom. The van der Waals surface area contributed by atoms with Gasteiger partial charge in [0.2, 0.25) is 5.89 Å². The molecule has 0 unspecified atom stereocenters. The van der Waals surface area contributed by atoms with Crippen LogP contribution in [-0.2, 0) is 28.4 Å². The second kappa shape index (κ2) is 10.6. The lowest BCUT2D eigenvalue weighted by atomic mass is 9.57. The molecule has 190 valence electrons. The summed E-state index contributed by atoms with van der Waals surface area (Å²) < 4.78 is 34.0. The van der Waals surface area contributed by atoms with Crippen LogP contribution < -0.4 is 4.72 Å². The molecule has 34 heavy (non-hydrogen) atoms. The molecule has 0 amide bonds. The standard InChI is InChI=1S/C23H37N5O5S/c1-22(2,3)23(10-6-5-7-11-23)12-8-9-17(13-20(29)30)21-26-18(27-33-21)14-25-34(31,32)19-15-28(4)16-24-19/h15-17,25H,5-14H2,1-4H3,(H,29,30)/t17-/m1/s1. The fourth-order valence-electron chi connectivity index (χ4n) is 5.08. The van der Waals surface area contributed by atoms with Gasteiger partial charge in [-0.25, -0.2) is 18.1 Å². The maximum atomic E-state index is 12.4. The van der Waals surface area contributed by atoms with Crippen molar-refractivity contribution >= 4 is 16.0 Å². The summed E-state index contributed by atoms with van der Waals surface area (Å²) in [5.41, 5.74) is 0.459. The molecule has 0 aromatic carbocycles. The van der Waals surface area contributed by atoms with Crippen LogP contribution in [0.25, 0.3) is 0 Å². The number of sulfonamides is 1. The van der Waals surface area contributed by atoms with Crippen molar-refractivity contribution in [3.05, 3.63) is 24.2 Å². The molecule has 1 aliphatic carbocycles. The van der Waals surface area contributed by atoms with E-state index in [9.17, 15) is 18.3 Å². The van der Waals surface area contributed by atoms with E-state index in [0.29, 0.717) is 6.42 Å². The highest BCUT2D eigenvalue weighted by Gasteiger charge is 2.42. The molecule has 0 bridgehead atoms. The summed E-state index contributed by atoms with van der Waals surface area (Å²) in [7, 11) is -2.13. The van der Waals surface area contributed by atoms with Gasteiger partial charge in [-0.3, -0.25) is 4.79 Å². The number of hydrogen-bond donors (Lipinski definition) is 2. The summed E-state index contributed by atoms with van der Waals surface area (Å²) in [5.74, 6) is -0.943. The van der Waals surface area contributed by atoms with E-state index in [1.165, 1.54) is 49.2 Å². The minimum atomic E-state index is -3.81. The molecule has 2 aromatic rings. The first-order valence-electron chi connectivity index (χ1n) is 11.9. The topological polar surface area (TPSA) is 140 Å². The lowest BCUT2D eigenvalue weighted by Crippen LogP contribution is -2.37. The van der Waals surface area contributed by atoms with Crippen molar-refractivity contribution in [2.75, 3.05) is 0 Å². The number of carbonyl (C=O) groups is 1. The van der Waals surface area contributed by atoms with Gasteiger partial charge in [0.1, 0.15) is 0 Å². The lowest BCUT2D eigenvalue weighted by Gasteiger charge is -2.48. The number of imidazole rings is 1. The van der Waals surface area contributed by atoms with Crippen molar-refractivity contribution in [2.45, 2.75) is 96.0 Å². The SMILES string of the molecule is Cn1cnc(S(=O)(=O)NCc2noc([C@H](CCCC3(C(C)(C)C)CCCCC3)CC(=O)O)n2)c1. The molecule has 1 fully saturated rings. The second-order valence-electron chi connectivity index (χ2n) is 10.5. The Morgan fingerprint density at radius 2 is 2.00 bits per heavy atom. The number of carboxylic acids is 1. The Morgan fingerprint density at radius 3 is 2.59 bits per heavy atom. The van der Waals surface area contributed by atoms with Gasteiger partial charge < -0.3 is 14.2 Å². The van der Waals surface area contributed by atoms with Crippen LogP contribution in [0.15, 0.2) is 22.1 Å². The van der Waals surface area contributed by atoms with Gasteiger partial charge in [-0.15, -0.1) is 0 Å². The average molecular weight is 496 g/mol. The minimum absolute atomic E-state index is 0.0991. The van der Waals surface area contributed by atoms with Gasteiger partial charge in [-0.1, -0.05) is 51.6 Å². The number of aliphatic carboxylic acids is 1. The molecular formula is C23H37N5O5S. The summed E-state index contributed by atoms with van der Waals surface area (Å²) in [6.45, 7) is 6.76. The van der Waals surface area contributed by atoms with Crippen molar-refractivity contribution in [1.29, 1.82) is 0 Å². The molecule has 2 N–H and O–H groups in total. The lowest BCUT2D eigenvalue weighted by molar-refractivity contribution is -0.137.